The number of anilines is 3. The average Bonchev–Trinajstić information content (AvgIpc) is 3.11. The van der Waals surface area contributed by atoms with E-state index in [1.807, 2.05) is 18.2 Å². The largest absolute Gasteiger partial charge is 0.382 e. The molecular weight excluding hydrogens is 266 g/mol. The Labute approximate surface area is 123 Å². The Morgan fingerprint density at radius 1 is 1.29 bits per heavy atom. The van der Waals surface area contributed by atoms with Crippen molar-refractivity contribution < 1.29 is 4.79 Å². The van der Waals surface area contributed by atoms with Crippen LogP contribution in [0.25, 0.3) is 0 Å². The van der Waals surface area contributed by atoms with Gasteiger partial charge in [0.15, 0.2) is 0 Å². The van der Waals surface area contributed by atoms with Gasteiger partial charge in [0.2, 0.25) is 5.91 Å². The molecule has 0 unspecified atom stereocenters. The molecule has 6 heteroatoms. The van der Waals surface area contributed by atoms with E-state index in [2.05, 4.69) is 21.4 Å². The van der Waals surface area contributed by atoms with E-state index in [0.29, 0.717) is 5.82 Å². The van der Waals surface area contributed by atoms with Gasteiger partial charge in [0, 0.05) is 30.7 Å². The quantitative estimate of drug-likeness (QED) is 0.896. The first-order chi connectivity index (χ1) is 10.2. The molecule has 1 saturated heterocycles. The van der Waals surface area contributed by atoms with Crippen LogP contribution in [0.2, 0.25) is 0 Å². The molecule has 1 aromatic heterocycles. The van der Waals surface area contributed by atoms with Gasteiger partial charge in [-0.3, -0.25) is 9.48 Å². The van der Waals surface area contributed by atoms with Gasteiger partial charge in [0.05, 0.1) is 0 Å². The summed E-state index contributed by atoms with van der Waals surface area (Å²) in [6.45, 7) is 2.33. The molecule has 0 spiro atoms. The Balaban J connectivity index is 1.64. The van der Waals surface area contributed by atoms with Crippen molar-refractivity contribution in [1.82, 2.24) is 9.78 Å². The number of nitrogens with zero attached hydrogens (tertiary/aromatic N) is 3. The first kappa shape index (κ1) is 13.5. The van der Waals surface area contributed by atoms with Crippen LogP contribution in [0.5, 0.6) is 0 Å². The summed E-state index contributed by atoms with van der Waals surface area (Å²) in [5, 5.41) is 6.89. The maximum absolute atomic E-state index is 12.0. The lowest BCUT2D eigenvalue weighted by Gasteiger charge is -2.18. The van der Waals surface area contributed by atoms with Crippen molar-refractivity contribution in [3.8, 4) is 0 Å². The van der Waals surface area contributed by atoms with Gasteiger partial charge in [-0.05, 0) is 37.1 Å². The molecule has 0 bridgehead atoms. The second-order valence-corrected chi connectivity index (χ2v) is 5.23. The zero-order valence-electron chi connectivity index (χ0n) is 11.8. The van der Waals surface area contributed by atoms with E-state index in [1.54, 1.807) is 12.3 Å². The van der Waals surface area contributed by atoms with Gasteiger partial charge < -0.3 is 16.0 Å². The van der Waals surface area contributed by atoms with Gasteiger partial charge in [0.1, 0.15) is 12.4 Å². The van der Waals surface area contributed by atoms with Crippen LogP contribution >= 0.6 is 0 Å². The van der Waals surface area contributed by atoms with Crippen molar-refractivity contribution in [1.29, 1.82) is 0 Å². The summed E-state index contributed by atoms with van der Waals surface area (Å²) in [6.07, 6.45) is 4.16. The summed E-state index contributed by atoms with van der Waals surface area (Å²) in [6, 6.07) is 9.63. The Morgan fingerprint density at radius 2 is 2.10 bits per heavy atom. The van der Waals surface area contributed by atoms with E-state index in [9.17, 15) is 4.79 Å². The average molecular weight is 285 g/mol. The van der Waals surface area contributed by atoms with Crippen LogP contribution in [-0.2, 0) is 11.3 Å². The fourth-order valence-corrected chi connectivity index (χ4v) is 2.57. The van der Waals surface area contributed by atoms with Crippen LogP contribution in [0.4, 0.5) is 17.2 Å². The van der Waals surface area contributed by atoms with Crippen molar-refractivity contribution in [3.05, 3.63) is 36.5 Å². The molecule has 1 amide bonds. The smallest absolute Gasteiger partial charge is 0.246 e. The van der Waals surface area contributed by atoms with Crippen molar-refractivity contribution >= 4 is 23.1 Å². The summed E-state index contributed by atoms with van der Waals surface area (Å²) in [7, 11) is 0. The Hall–Kier alpha value is -2.50. The number of nitrogens with two attached hydrogens (primary N) is 1. The molecule has 0 atom stereocenters. The maximum atomic E-state index is 12.0. The summed E-state index contributed by atoms with van der Waals surface area (Å²) in [5.41, 5.74) is 7.50. The minimum Gasteiger partial charge on any atom is -0.382 e. The third-order valence-electron chi connectivity index (χ3n) is 3.57. The predicted octanol–water partition coefficient (Wildman–Crippen LogP) is 1.70. The van der Waals surface area contributed by atoms with E-state index < -0.39 is 0 Å². The number of hydrogen-bond donors (Lipinski definition) is 2. The maximum Gasteiger partial charge on any atom is 0.246 e. The van der Waals surface area contributed by atoms with Gasteiger partial charge in [-0.2, -0.15) is 5.10 Å². The molecule has 1 aliphatic heterocycles. The number of nitrogens with one attached hydrogen (secondary N) is 1. The van der Waals surface area contributed by atoms with Gasteiger partial charge in [-0.1, -0.05) is 6.07 Å². The third-order valence-corrected chi connectivity index (χ3v) is 3.57. The van der Waals surface area contributed by atoms with Crippen molar-refractivity contribution in [2.24, 2.45) is 0 Å². The monoisotopic (exact) mass is 285 g/mol. The van der Waals surface area contributed by atoms with Crippen molar-refractivity contribution in [3.63, 3.8) is 0 Å². The van der Waals surface area contributed by atoms with Crippen LogP contribution < -0.4 is 16.0 Å². The number of aromatic nitrogens is 2. The molecule has 0 radical (unpaired) electrons. The number of carbonyl (C=O) groups is 1. The highest BCUT2D eigenvalue weighted by Crippen LogP contribution is 2.23. The SMILES string of the molecule is Nc1ccn(CC(=O)Nc2cccc(N3CCCC3)c2)n1. The molecule has 2 heterocycles. The lowest BCUT2D eigenvalue weighted by molar-refractivity contribution is -0.116. The molecule has 3 N–H and O–H groups in total. The van der Waals surface area contributed by atoms with Crippen molar-refractivity contribution in [2.45, 2.75) is 19.4 Å². The summed E-state index contributed by atoms with van der Waals surface area (Å²) in [5.74, 6) is 0.301. The number of benzene rings is 1. The molecule has 1 aromatic carbocycles. The summed E-state index contributed by atoms with van der Waals surface area (Å²) >= 11 is 0. The number of hydrogen-bond acceptors (Lipinski definition) is 4. The van der Waals surface area contributed by atoms with Crippen LogP contribution in [-0.4, -0.2) is 28.8 Å². The highest BCUT2D eigenvalue weighted by Gasteiger charge is 2.13. The molecule has 21 heavy (non-hydrogen) atoms. The highest BCUT2D eigenvalue weighted by atomic mass is 16.2. The van der Waals surface area contributed by atoms with E-state index in [1.165, 1.54) is 17.5 Å². The first-order valence-electron chi connectivity index (χ1n) is 7.14. The fourth-order valence-electron chi connectivity index (χ4n) is 2.57. The Morgan fingerprint density at radius 3 is 2.81 bits per heavy atom. The topological polar surface area (TPSA) is 76.2 Å². The van der Waals surface area contributed by atoms with Crippen LogP contribution in [0.3, 0.4) is 0 Å². The number of rotatable bonds is 4. The van der Waals surface area contributed by atoms with Gasteiger partial charge in [0.25, 0.3) is 0 Å². The van der Waals surface area contributed by atoms with E-state index in [4.69, 9.17) is 5.73 Å². The summed E-state index contributed by atoms with van der Waals surface area (Å²) < 4.78 is 1.52. The molecule has 6 nitrogen and oxygen atoms in total. The molecule has 0 aliphatic carbocycles. The molecular formula is C15H19N5O. The van der Waals surface area contributed by atoms with Crippen molar-refractivity contribution in [2.75, 3.05) is 29.0 Å². The third kappa shape index (κ3) is 3.34. The molecule has 1 aliphatic rings. The zero-order chi connectivity index (χ0) is 14.7. The van der Waals surface area contributed by atoms with E-state index in [0.717, 1.165) is 24.5 Å². The Kier molecular flexibility index (Phi) is 3.77. The summed E-state index contributed by atoms with van der Waals surface area (Å²) in [4.78, 5) is 14.3. The predicted molar refractivity (Wildman–Crippen MR) is 83.2 cm³/mol. The molecule has 1 fully saturated rings. The fraction of sp³-hybridized carbons (Fsp3) is 0.333. The second kappa shape index (κ2) is 5.87. The second-order valence-electron chi connectivity index (χ2n) is 5.23. The van der Waals surface area contributed by atoms with Crippen LogP contribution in [0.1, 0.15) is 12.8 Å². The van der Waals surface area contributed by atoms with Gasteiger partial charge in [-0.15, -0.1) is 0 Å². The molecule has 110 valence electrons. The molecule has 2 aromatic rings. The first-order valence-corrected chi connectivity index (χ1v) is 7.14. The minimum absolute atomic E-state index is 0.114. The minimum atomic E-state index is -0.114. The Bertz CT molecular complexity index is 630. The molecule has 0 saturated carbocycles. The normalized spacial score (nSPS) is 14.4. The lowest BCUT2D eigenvalue weighted by atomic mass is 10.2. The lowest BCUT2D eigenvalue weighted by Crippen LogP contribution is -2.20. The standard InChI is InChI=1S/C15H19N5O/c16-14-6-9-20(18-14)11-15(21)17-12-4-3-5-13(10-12)19-7-1-2-8-19/h3-6,9-10H,1-2,7-8,11H2,(H2,16,18)(H,17,21). The van der Waals surface area contributed by atoms with Crippen LogP contribution in [0, 0.1) is 0 Å². The van der Waals surface area contributed by atoms with E-state index >= 15 is 0 Å². The van der Waals surface area contributed by atoms with E-state index in [-0.39, 0.29) is 12.5 Å². The highest BCUT2D eigenvalue weighted by molar-refractivity contribution is 5.91. The number of amides is 1. The molecule has 3 rings (SSSR count). The number of carbonyl (C=O) groups excluding carboxylic acids is 1. The van der Waals surface area contributed by atoms with Gasteiger partial charge in [-0.25, -0.2) is 0 Å². The number of nitrogen functional groups attached to an aromatic ring is 1. The van der Waals surface area contributed by atoms with Gasteiger partial charge >= 0.3 is 0 Å². The zero-order valence-corrected chi connectivity index (χ0v) is 11.8. The van der Waals surface area contributed by atoms with Crippen LogP contribution in [0.15, 0.2) is 36.5 Å².